The molecule has 0 aliphatic carbocycles. The van der Waals surface area contributed by atoms with Crippen LogP contribution in [-0.4, -0.2) is 33.2 Å². The molecule has 1 heterocycles. The van der Waals surface area contributed by atoms with Crippen molar-refractivity contribution in [1.29, 1.82) is 0 Å². The molecule has 2 N–H and O–H groups in total. The predicted molar refractivity (Wildman–Crippen MR) is 66.4 cm³/mol. The van der Waals surface area contributed by atoms with E-state index in [-0.39, 0.29) is 12.3 Å². The second kappa shape index (κ2) is 5.81. The van der Waals surface area contributed by atoms with Crippen molar-refractivity contribution in [3.63, 3.8) is 0 Å². The minimum absolute atomic E-state index is 0.113. The maximum Gasteiger partial charge on any atom is 0.326 e. The number of amides is 1. The molecule has 1 atom stereocenters. The minimum atomic E-state index is -1.05. The lowest BCUT2D eigenvalue weighted by atomic mass is 9.86. The summed E-state index contributed by atoms with van der Waals surface area (Å²) < 4.78 is 4.88. The van der Waals surface area contributed by atoms with Crippen LogP contribution in [0.1, 0.15) is 38.9 Å². The van der Waals surface area contributed by atoms with E-state index < -0.39 is 17.4 Å². The molecule has 1 rings (SSSR count). The van der Waals surface area contributed by atoms with E-state index in [0.717, 1.165) is 0 Å². The lowest BCUT2D eigenvalue weighted by Gasteiger charge is -2.27. The number of rotatable bonds is 5. The van der Waals surface area contributed by atoms with Crippen molar-refractivity contribution in [3.05, 3.63) is 11.7 Å². The smallest absolute Gasteiger partial charge is 0.326 e. The number of hydrogen-bond donors (Lipinski definition) is 2. The van der Waals surface area contributed by atoms with Crippen molar-refractivity contribution in [3.8, 4) is 0 Å². The van der Waals surface area contributed by atoms with Crippen LogP contribution in [-0.2, 0) is 16.0 Å². The number of carboxylic acid groups (broad SMARTS) is 1. The zero-order valence-corrected chi connectivity index (χ0v) is 11.6. The number of carbonyl (C=O) groups is 2. The van der Waals surface area contributed by atoms with Crippen LogP contribution in [0.15, 0.2) is 4.52 Å². The summed E-state index contributed by atoms with van der Waals surface area (Å²) in [5, 5.41) is 15.2. The van der Waals surface area contributed by atoms with E-state index in [2.05, 4.69) is 15.5 Å². The second-order valence-corrected chi connectivity index (χ2v) is 5.44. The van der Waals surface area contributed by atoms with Crippen LogP contribution < -0.4 is 5.32 Å². The van der Waals surface area contributed by atoms with Crippen LogP contribution >= 0.6 is 0 Å². The molecular weight excluding hydrogens is 250 g/mol. The van der Waals surface area contributed by atoms with Crippen molar-refractivity contribution < 1.29 is 19.2 Å². The zero-order chi connectivity index (χ0) is 14.6. The zero-order valence-electron chi connectivity index (χ0n) is 11.6. The van der Waals surface area contributed by atoms with Gasteiger partial charge in [-0.05, 0) is 12.3 Å². The largest absolute Gasteiger partial charge is 0.480 e. The molecule has 0 bridgehead atoms. The number of aryl methyl sites for hydroxylation is 2. The molecule has 0 spiro atoms. The van der Waals surface area contributed by atoms with Crippen molar-refractivity contribution >= 4 is 11.9 Å². The Morgan fingerprint density at radius 2 is 2.05 bits per heavy atom. The third-order valence-corrected chi connectivity index (χ3v) is 2.55. The van der Waals surface area contributed by atoms with Crippen LogP contribution in [0.2, 0.25) is 0 Å². The average molecular weight is 269 g/mol. The summed E-state index contributed by atoms with van der Waals surface area (Å²) in [6, 6.07) is -0.926. The van der Waals surface area contributed by atoms with E-state index in [1.165, 1.54) is 0 Å². The van der Waals surface area contributed by atoms with Gasteiger partial charge in [-0.15, -0.1) is 0 Å². The standard InChI is InChI=1S/C12H19N3O4/c1-7-13-9(19-15-7)6-5-8(16)14-10(11(17)18)12(2,3)4/h10H,5-6H2,1-4H3,(H,14,16)(H,17,18). The lowest BCUT2D eigenvalue weighted by molar-refractivity contribution is -0.144. The SMILES string of the molecule is Cc1noc(CCC(=O)NC(C(=O)O)C(C)(C)C)n1. The Kier molecular flexibility index (Phi) is 4.63. The highest BCUT2D eigenvalue weighted by Crippen LogP contribution is 2.19. The van der Waals surface area contributed by atoms with Gasteiger partial charge in [-0.25, -0.2) is 4.79 Å². The maximum atomic E-state index is 11.7. The van der Waals surface area contributed by atoms with Crippen LogP contribution in [0.4, 0.5) is 0 Å². The molecule has 1 unspecified atom stereocenters. The van der Waals surface area contributed by atoms with Gasteiger partial charge < -0.3 is 14.9 Å². The fourth-order valence-electron chi connectivity index (χ4n) is 1.54. The van der Waals surface area contributed by atoms with Gasteiger partial charge in [0, 0.05) is 12.8 Å². The van der Waals surface area contributed by atoms with Crippen LogP contribution in [0.3, 0.4) is 0 Å². The Morgan fingerprint density at radius 1 is 1.42 bits per heavy atom. The molecule has 0 aliphatic rings. The number of carbonyl (C=O) groups excluding carboxylic acids is 1. The number of aromatic nitrogens is 2. The highest BCUT2D eigenvalue weighted by atomic mass is 16.5. The first-order valence-corrected chi connectivity index (χ1v) is 6.01. The van der Waals surface area contributed by atoms with Crippen molar-refractivity contribution in [1.82, 2.24) is 15.5 Å². The van der Waals surface area contributed by atoms with E-state index in [0.29, 0.717) is 18.1 Å². The highest BCUT2D eigenvalue weighted by molar-refractivity contribution is 5.84. The molecule has 0 aliphatic heterocycles. The molecule has 106 valence electrons. The first kappa shape index (κ1) is 15.1. The highest BCUT2D eigenvalue weighted by Gasteiger charge is 2.32. The quantitative estimate of drug-likeness (QED) is 0.823. The normalized spacial score (nSPS) is 13.1. The van der Waals surface area contributed by atoms with Gasteiger partial charge >= 0.3 is 5.97 Å². The average Bonchev–Trinajstić information content (AvgIpc) is 2.67. The van der Waals surface area contributed by atoms with E-state index in [1.54, 1.807) is 27.7 Å². The first-order chi connectivity index (χ1) is 8.70. The Balaban J connectivity index is 2.52. The second-order valence-electron chi connectivity index (χ2n) is 5.44. The molecule has 1 aromatic rings. The fourth-order valence-corrected chi connectivity index (χ4v) is 1.54. The van der Waals surface area contributed by atoms with E-state index in [9.17, 15) is 9.59 Å². The van der Waals surface area contributed by atoms with Crippen molar-refractivity contribution in [2.24, 2.45) is 5.41 Å². The number of nitrogens with zero attached hydrogens (tertiary/aromatic N) is 2. The third-order valence-electron chi connectivity index (χ3n) is 2.55. The van der Waals surface area contributed by atoms with E-state index in [1.807, 2.05) is 0 Å². The van der Waals surface area contributed by atoms with Crippen LogP contribution in [0.25, 0.3) is 0 Å². The Labute approximate surface area is 111 Å². The summed E-state index contributed by atoms with van der Waals surface area (Å²) in [6.07, 6.45) is 0.407. The molecular formula is C12H19N3O4. The Bertz CT molecular complexity index is 462. The number of aliphatic carboxylic acids is 1. The molecule has 0 radical (unpaired) electrons. The molecule has 0 fully saturated rings. The van der Waals surface area contributed by atoms with E-state index >= 15 is 0 Å². The molecule has 7 nitrogen and oxygen atoms in total. The number of nitrogens with one attached hydrogen (secondary N) is 1. The molecule has 0 saturated heterocycles. The van der Waals surface area contributed by atoms with Gasteiger partial charge in [0.15, 0.2) is 5.82 Å². The van der Waals surface area contributed by atoms with Crippen molar-refractivity contribution in [2.45, 2.75) is 46.6 Å². The molecule has 1 amide bonds. The van der Waals surface area contributed by atoms with Gasteiger partial charge in [0.2, 0.25) is 11.8 Å². The van der Waals surface area contributed by atoms with Gasteiger partial charge in [-0.3, -0.25) is 4.79 Å². The van der Waals surface area contributed by atoms with Gasteiger partial charge in [0.25, 0.3) is 0 Å². The van der Waals surface area contributed by atoms with Crippen LogP contribution in [0.5, 0.6) is 0 Å². The maximum absolute atomic E-state index is 11.7. The van der Waals surface area contributed by atoms with E-state index in [4.69, 9.17) is 9.63 Å². The van der Waals surface area contributed by atoms with Crippen LogP contribution in [0, 0.1) is 12.3 Å². The molecule has 19 heavy (non-hydrogen) atoms. The summed E-state index contributed by atoms with van der Waals surface area (Å²) >= 11 is 0. The van der Waals surface area contributed by atoms with Gasteiger partial charge in [-0.2, -0.15) is 4.98 Å². The van der Waals surface area contributed by atoms with Gasteiger partial charge in [0.05, 0.1) is 0 Å². The monoisotopic (exact) mass is 269 g/mol. The predicted octanol–water partition coefficient (Wildman–Crippen LogP) is 0.926. The topological polar surface area (TPSA) is 105 Å². The van der Waals surface area contributed by atoms with Gasteiger partial charge in [0.1, 0.15) is 6.04 Å². The fraction of sp³-hybridized carbons (Fsp3) is 0.667. The van der Waals surface area contributed by atoms with Gasteiger partial charge in [-0.1, -0.05) is 25.9 Å². The molecule has 0 aromatic carbocycles. The summed E-state index contributed by atoms with van der Waals surface area (Å²) in [5.74, 6) is -0.517. The minimum Gasteiger partial charge on any atom is -0.480 e. The summed E-state index contributed by atoms with van der Waals surface area (Å²) in [6.45, 7) is 6.96. The number of carboxylic acids is 1. The Hall–Kier alpha value is -1.92. The third kappa shape index (κ3) is 4.69. The summed E-state index contributed by atoms with van der Waals surface area (Å²) in [5.41, 5.74) is -0.553. The summed E-state index contributed by atoms with van der Waals surface area (Å²) in [4.78, 5) is 26.8. The molecule has 7 heteroatoms. The first-order valence-electron chi connectivity index (χ1n) is 6.01. The number of hydrogen-bond acceptors (Lipinski definition) is 5. The molecule has 0 saturated carbocycles. The summed E-state index contributed by atoms with van der Waals surface area (Å²) in [7, 11) is 0. The van der Waals surface area contributed by atoms with Crippen molar-refractivity contribution in [2.75, 3.05) is 0 Å². The molecule has 1 aromatic heterocycles. The lowest BCUT2D eigenvalue weighted by Crippen LogP contribution is -2.49. The Morgan fingerprint density at radius 3 is 2.47 bits per heavy atom.